The molecule has 23 heavy (non-hydrogen) atoms. The van der Waals surface area contributed by atoms with E-state index in [1.54, 1.807) is 14.2 Å². The topological polar surface area (TPSA) is 44.8 Å². The summed E-state index contributed by atoms with van der Waals surface area (Å²) in [6.45, 7) is 1.86. The predicted molar refractivity (Wildman–Crippen MR) is 89.9 cm³/mol. The first-order valence-corrected chi connectivity index (χ1v) is 7.48. The monoisotopic (exact) mass is 314 g/mol. The van der Waals surface area contributed by atoms with Crippen molar-refractivity contribution in [1.29, 1.82) is 0 Å². The van der Waals surface area contributed by atoms with E-state index in [2.05, 4.69) is 0 Å². The normalized spacial score (nSPS) is 11.7. The molecule has 2 aromatic carbocycles. The highest BCUT2D eigenvalue weighted by molar-refractivity contribution is 5.77. The molecule has 2 aromatic rings. The molecule has 0 aliphatic heterocycles. The van der Waals surface area contributed by atoms with E-state index >= 15 is 0 Å². The van der Waals surface area contributed by atoms with Crippen molar-refractivity contribution in [2.24, 2.45) is 5.92 Å². The van der Waals surface area contributed by atoms with Crippen LogP contribution in [0.25, 0.3) is 11.1 Å². The number of rotatable bonds is 6. The molecule has 122 valence electrons. The van der Waals surface area contributed by atoms with Gasteiger partial charge in [0, 0.05) is 0 Å². The Morgan fingerprint density at radius 1 is 0.957 bits per heavy atom. The van der Waals surface area contributed by atoms with Gasteiger partial charge in [0.2, 0.25) is 0 Å². The Labute approximate surface area is 137 Å². The third-order valence-electron chi connectivity index (χ3n) is 3.82. The molecule has 0 saturated carbocycles. The van der Waals surface area contributed by atoms with Crippen LogP contribution in [0.5, 0.6) is 11.5 Å². The molecule has 0 amide bonds. The van der Waals surface area contributed by atoms with E-state index in [0.717, 1.165) is 28.2 Å². The van der Waals surface area contributed by atoms with Crippen LogP contribution in [0.2, 0.25) is 0 Å². The van der Waals surface area contributed by atoms with Crippen LogP contribution in [-0.4, -0.2) is 27.3 Å². The van der Waals surface area contributed by atoms with Crippen LogP contribution in [0, 0.1) is 5.92 Å². The van der Waals surface area contributed by atoms with Crippen LogP contribution in [0.1, 0.15) is 12.5 Å². The smallest absolute Gasteiger partial charge is 0.308 e. The highest BCUT2D eigenvalue weighted by atomic mass is 16.5. The summed E-state index contributed by atoms with van der Waals surface area (Å²) in [6.07, 6.45) is 0.649. The quantitative estimate of drug-likeness (QED) is 0.762. The van der Waals surface area contributed by atoms with Gasteiger partial charge >= 0.3 is 5.97 Å². The maximum atomic E-state index is 11.5. The van der Waals surface area contributed by atoms with Crippen molar-refractivity contribution in [2.75, 3.05) is 21.3 Å². The van der Waals surface area contributed by atoms with Crippen molar-refractivity contribution in [3.8, 4) is 22.6 Å². The highest BCUT2D eigenvalue weighted by Crippen LogP contribution is 2.38. The van der Waals surface area contributed by atoms with Crippen molar-refractivity contribution >= 4 is 5.97 Å². The van der Waals surface area contributed by atoms with Gasteiger partial charge in [-0.05, 0) is 29.7 Å². The van der Waals surface area contributed by atoms with Crippen molar-refractivity contribution in [3.63, 3.8) is 0 Å². The minimum atomic E-state index is -0.194. The summed E-state index contributed by atoms with van der Waals surface area (Å²) in [7, 11) is 4.70. The summed E-state index contributed by atoms with van der Waals surface area (Å²) in [4.78, 5) is 11.5. The number of hydrogen-bond donors (Lipinski definition) is 0. The first kappa shape index (κ1) is 16.9. The van der Waals surface area contributed by atoms with Gasteiger partial charge in [0.25, 0.3) is 0 Å². The molecule has 0 bridgehead atoms. The third-order valence-corrected chi connectivity index (χ3v) is 3.82. The van der Waals surface area contributed by atoms with Crippen LogP contribution in [0.3, 0.4) is 0 Å². The SMILES string of the molecule is COC(=O)[C@@H](C)Cc1ccc(-c2c(OC)cccc2OC)cc1. The van der Waals surface area contributed by atoms with Crippen LogP contribution in [-0.2, 0) is 16.0 Å². The van der Waals surface area contributed by atoms with E-state index in [9.17, 15) is 4.79 Å². The zero-order valence-electron chi connectivity index (χ0n) is 14.0. The van der Waals surface area contributed by atoms with E-state index in [0.29, 0.717) is 6.42 Å². The van der Waals surface area contributed by atoms with Crippen molar-refractivity contribution in [2.45, 2.75) is 13.3 Å². The second-order valence-electron chi connectivity index (χ2n) is 5.36. The summed E-state index contributed by atoms with van der Waals surface area (Å²) in [6, 6.07) is 13.8. The summed E-state index contributed by atoms with van der Waals surface area (Å²) in [5.41, 5.74) is 3.01. The molecule has 0 aliphatic carbocycles. The summed E-state index contributed by atoms with van der Waals surface area (Å²) >= 11 is 0. The van der Waals surface area contributed by atoms with E-state index < -0.39 is 0 Å². The van der Waals surface area contributed by atoms with E-state index in [-0.39, 0.29) is 11.9 Å². The largest absolute Gasteiger partial charge is 0.496 e. The summed E-state index contributed by atoms with van der Waals surface area (Å²) in [5.74, 6) is 1.17. The molecular formula is C19H22O4. The standard InChI is InChI=1S/C19H22O4/c1-13(19(20)23-4)12-14-8-10-15(11-9-14)18-16(21-2)6-5-7-17(18)22-3/h5-11,13H,12H2,1-4H3/t13-/m0/s1. The average molecular weight is 314 g/mol. The van der Waals surface area contributed by atoms with Crippen LogP contribution >= 0.6 is 0 Å². The zero-order chi connectivity index (χ0) is 16.8. The first-order chi connectivity index (χ1) is 11.1. The fourth-order valence-corrected chi connectivity index (χ4v) is 2.58. The number of carbonyl (C=O) groups is 1. The Hall–Kier alpha value is -2.49. The molecule has 4 heteroatoms. The molecule has 4 nitrogen and oxygen atoms in total. The molecule has 0 saturated heterocycles. The fraction of sp³-hybridized carbons (Fsp3) is 0.316. The molecular weight excluding hydrogens is 292 g/mol. The van der Waals surface area contributed by atoms with Crippen LogP contribution in [0.4, 0.5) is 0 Å². The van der Waals surface area contributed by atoms with E-state index in [1.807, 2.05) is 49.4 Å². The molecule has 0 aliphatic rings. The van der Waals surface area contributed by atoms with Gasteiger partial charge in [-0.1, -0.05) is 37.3 Å². The van der Waals surface area contributed by atoms with Gasteiger partial charge in [0.1, 0.15) is 11.5 Å². The number of methoxy groups -OCH3 is 3. The van der Waals surface area contributed by atoms with Gasteiger partial charge in [-0.3, -0.25) is 4.79 Å². The lowest BCUT2D eigenvalue weighted by Crippen LogP contribution is -2.14. The summed E-state index contributed by atoms with van der Waals surface area (Å²) in [5, 5.41) is 0. The Kier molecular flexibility index (Phi) is 5.63. The van der Waals surface area contributed by atoms with Gasteiger partial charge in [0.15, 0.2) is 0 Å². The zero-order valence-corrected chi connectivity index (χ0v) is 14.0. The minimum absolute atomic E-state index is 0.161. The lowest BCUT2D eigenvalue weighted by Gasteiger charge is -2.14. The molecule has 2 rings (SSSR count). The lowest BCUT2D eigenvalue weighted by atomic mass is 9.97. The number of esters is 1. The van der Waals surface area contributed by atoms with Crippen molar-refractivity contribution in [3.05, 3.63) is 48.0 Å². The third kappa shape index (κ3) is 3.83. The lowest BCUT2D eigenvalue weighted by molar-refractivity contribution is -0.144. The number of benzene rings is 2. The second kappa shape index (κ2) is 7.68. The Bertz CT molecular complexity index is 639. The number of ether oxygens (including phenoxy) is 3. The fourth-order valence-electron chi connectivity index (χ4n) is 2.58. The molecule has 0 heterocycles. The Balaban J connectivity index is 2.28. The maximum absolute atomic E-state index is 11.5. The van der Waals surface area contributed by atoms with Gasteiger partial charge in [-0.2, -0.15) is 0 Å². The van der Waals surface area contributed by atoms with Gasteiger partial charge in [-0.15, -0.1) is 0 Å². The molecule has 0 unspecified atom stereocenters. The molecule has 0 aromatic heterocycles. The molecule has 0 N–H and O–H groups in total. The number of carbonyl (C=O) groups excluding carboxylic acids is 1. The molecule has 0 radical (unpaired) electrons. The minimum Gasteiger partial charge on any atom is -0.496 e. The Morgan fingerprint density at radius 3 is 2.00 bits per heavy atom. The predicted octanol–water partition coefficient (Wildman–Crippen LogP) is 3.72. The van der Waals surface area contributed by atoms with E-state index in [4.69, 9.17) is 14.2 Å². The van der Waals surface area contributed by atoms with Gasteiger partial charge in [0.05, 0.1) is 32.8 Å². The highest BCUT2D eigenvalue weighted by Gasteiger charge is 2.15. The first-order valence-electron chi connectivity index (χ1n) is 7.48. The molecule has 1 atom stereocenters. The van der Waals surface area contributed by atoms with Crippen LogP contribution in [0.15, 0.2) is 42.5 Å². The van der Waals surface area contributed by atoms with Crippen molar-refractivity contribution < 1.29 is 19.0 Å². The Morgan fingerprint density at radius 2 is 1.52 bits per heavy atom. The number of hydrogen-bond acceptors (Lipinski definition) is 4. The molecule has 0 spiro atoms. The van der Waals surface area contributed by atoms with Gasteiger partial charge < -0.3 is 14.2 Å². The maximum Gasteiger partial charge on any atom is 0.308 e. The van der Waals surface area contributed by atoms with Gasteiger partial charge in [-0.25, -0.2) is 0 Å². The molecule has 0 fully saturated rings. The van der Waals surface area contributed by atoms with E-state index in [1.165, 1.54) is 7.11 Å². The average Bonchev–Trinajstić information content (AvgIpc) is 2.60. The summed E-state index contributed by atoms with van der Waals surface area (Å²) < 4.78 is 15.6. The van der Waals surface area contributed by atoms with Crippen LogP contribution < -0.4 is 9.47 Å². The second-order valence-corrected chi connectivity index (χ2v) is 5.36. The van der Waals surface area contributed by atoms with Crippen molar-refractivity contribution in [1.82, 2.24) is 0 Å².